The van der Waals surface area contributed by atoms with E-state index in [2.05, 4.69) is 0 Å². The van der Waals surface area contributed by atoms with Crippen LogP contribution in [0.15, 0.2) is 87.5 Å². The van der Waals surface area contributed by atoms with Crippen molar-refractivity contribution in [3.8, 4) is 0 Å². The molecule has 0 aliphatic heterocycles. The highest BCUT2D eigenvalue weighted by atomic mass is 32.2. The van der Waals surface area contributed by atoms with Gasteiger partial charge in [0.2, 0.25) is 0 Å². The van der Waals surface area contributed by atoms with Crippen molar-refractivity contribution in [3.05, 3.63) is 72.8 Å². The highest BCUT2D eigenvalue weighted by Crippen LogP contribution is 2.34. The van der Waals surface area contributed by atoms with Crippen molar-refractivity contribution in [3.63, 3.8) is 0 Å². The van der Waals surface area contributed by atoms with Gasteiger partial charge in [0, 0.05) is 0 Å². The lowest BCUT2D eigenvalue weighted by Gasteiger charge is -2.20. The first-order valence-corrected chi connectivity index (χ1v) is 13.5. The molecule has 0 radical (unpaired) electrons. The third-order valence-corrected chi connectivity index (χ3v) is 8.77. The smallest absolute Gasteiger partial charge is 0.294 e. The second-order valence-corrected chi connectivity index (χ2v) is 12.1. The monoisotopic (exact) mass is 486 g/mol. The van der Waals surface area contributed by atoms with Crippen molar-refractivity contribution in [1.82, 2.24) is 0 Å². The number of hydrogen-bond acceptors (Lipinski definition) is 5. The molecule has 0 heterocycles. The lowest BCUT2D eigenvalue weighted by molar-refractivity contribution is 0.481. The maximum Gasteiger partial charge on any atom is 0.294 e. The number of hydrogen-bond donors (Lipinski definition) is 3. The molecule has 0 amide bonds. The maximum atomic E-state index is 11.6. The quantitative estimate of drug-likeness (QED) is 0.270. The van der Waals surface area contributed by atoms with Crippen molar-refractivity contribution < 1.29 is 34.7 Å². The van der Waals surface area contributed by atoms with Gasteiger partial charge in [-0.2, -0.15) is 16.8 Å². The Balaban J connectivity index is 2.28. The summed E-state index contributed by atoms with van der Waals surface area (Å²) in [4.78, 5) is -0.586. The van der Waals surface area contributed by atoms with Crippen molar-refractivity contribution in [1.29, 1.82) is 0 Å². The molecule has 0 saturated carbocycles. The molecule has 0 aliphatic carbocycles. The Morgan fingerprint density at radius 1 is 0.667 bits per heavy atom. The van der Waals surface area contributed by atoms with E-state index in [-0.39, 0.29) is 14.7 Å². The third-order valence-electron chi connectivity index (χ3n) is 4.02. The van der Waals surface area contributed by atoms with Crippen LogP contribution in [0.2, 0.25) is 0 Å². The molecule has 1 atom stereocenters. The molecule has 0 aromatic heterocycles. The van der Waals surface area contributed by atoms with E-state index < -0.39 is 39.2 Å². The van der Waals surface area contributed by atoms with Gasteiger partial charge in [-0.05, 0) is 60.2 Å². The molecule has 12 heteroatoms. The molecule has 0 bridgehead atoms. The van der Waals surface area contributed by atoms with Crippen LogP contribution < -0.4 is 15.9 Å². The fourth-order valence-corrected chi connectivity index (χ4v) is 6.89. The lowest BCUT2D eigenvalue weighted by atomic mass is 10.3. The van der Waals surface area contributed by atoms with Crippen LogP contribution in [0.25, 0.3) is 0 Å². The van der Waals surface area contributed by atoms with Crippen molar-refractivity contribution in [2.75, 3.05) is 0 Å². The van der Waals surface area contributed by atoms with E-state index in [1.807, 2.05) is 0 Å². The molecular weight excluding hydrogens is 471 g/mol. The minimum atomic E-state index is -4.49. The van der Waals surface area contributed by atoms with Gasteiger partial charge in [-0.15, -0.1) is 0 Å². The van der Waals surface area contributed by atoms with Gasteiger partial charge in [-0.25, -0.2) is 4.21 Å². The summed E-state index contributed by atoms with van der Waals surface area (Å²) >= 11 is -2.27. The molecule has 3 N–H and O–H groups in total. The number of benzene rings is 3. The normalized spacial score (nSPS) is 13.3. The SMILES string of the molecule is O=S(O)c1cccc(P(c2cccc(S(=O)(=O)O)c2)c2cccc(S(=O)(=O)O)c2)c1. The van der Waals surface area contributed by atoms with Gasteiger partial charge in [0.1, 0.15) is 0 Å². The Labute approximate surface area is 177 Å². The average molecular weight is 486 g/mol. The molecule has 0 saturated heterocycles. The van der Waals surface area contributed by atoms with Crippen LogP contribution in [0, 0.1) is 0 Å². The zero-order chi connectivity index (χ0) is 22.1. The Kier molecular flexibility index (Phi) is 6.54. The summed E-state index contributed by atoms with van der Waals surface area (Å²) in [5, 5.41) is 1.41. The van der Waals surface area contributed by atoms with Crippen molar-refractivity contribution in [2.45, 2.75) is 14.7 Å². The molecule has 3 aromatic rings. The van der Waals surface area contributed by atoms with Crippen LogP contribution in [0.5, 0.6) is 0 Å². The molecule has 158 valence electrons. The minimum Gasteiger partial charge on any atom is -0.302 e. The van der Waals surface area contributed by atoms with E-state index >= 15 is 0 Å². The van der Waals surface area contributed by atoms with Crippen LogP contribution >= 0.6 is 7.92 Å². The van der Waals surface area contributed by atoms with Gasteiger partial charge >= 0.3 is 0 Å². The first kappa shape index (κ1) is 22.7. The minimum absolute atomic E-state index is 0.108. The van der Waals surface area contributed by atoms with E-state index in [0.29, 0.717) is 15.9 Å². The summed E-state index contributed by atoms with van der Waals surface area (Å²) in [5.74, 6) is 0. The Morgan fingerprint density at radius 3 is 1.47 bits per heavy atom. The predicted molar refractivity (Wildman–Crippen MR) is 114 cm³/mol. The van der Waals surface area contributed by atoms with Crippen molar-refractivity contribution >= 4 is 55.2 Å². The van der Waals surface area contributed by atoms with Gasteiger partial charge in [0.25, 0.3) is 20.2 Å². The van der Waals surface area contributed by atoms with Gasteiger partial charge in [-0.3, -0.25) is 9.11 Å². The van der Waals surface area contributed by atoms with E-state index in [9.17, 15) is 34.7 Å². The molecule has 0 spiro atoms. The topological polar surface area (TPSA) is 146 Å². The summed E-state index contributed by atoms with van der Waals surface area (Å²) in [6, 6.07) is 17.1. The molecule has 1 unspecified atom stereocenters. The summed E-state index contributed by atoms with van der Waals surface area (Å²) < 4.78 is 86.1. The molecule has 30 heavy (non-hydrogen) atoms. The van der Waals surface area contributed by atoms with Gasteiger partial charge < -0.3 is 4.55 Å². The van der Waals surface area contributed by atoms with Crippen LogP contribution in [0.4, 0.5) is 0 Å². The van der Waals surface area contributed by atoms with E-state index in [1.165, 1.54) is 48.5 Å². The van der Waals surface area contributed by atoms with Crippen LogP contribution in [0.3, 0.4) is 0 Å². The Hall–Kier alpha value is -1.98. The van der Waals surface area contributed by atoms with Crippen LogP contribution in [-0.2, 0) is 31.3 Å². The number of rotatable bonds is 6. The fraction of sp³-hybridized carbons (Fsp3) is 0. The van der Waals surface area contributed by atoms with Gasteiger partial charge in [0.05, 0.1) is 14.7 Å². The van der Waals surface area contributed by atoms with Crippen molar-refractivity contribution in [2.24, 2.45) is 0 Å². The summed E-state index contributed by atoms with van der Waals surface area (Å²) in [6.45, 7) is 0. The fourth-order valence-electron chi connectivity index (χ4n) is 2.74. The van der Waals surface area contributed by atoms with Crippen LogP contribution in [-0.4, -0.2) is 34.7 Å². The molecule has 0 fully saturated rings. The highest BCUT2D eigenvalue weighted by Gasteiger charge is 2.22. The lowest BCUT2D eigenvalue weighted by Crippen LogP contribution is -2.22. The summed E-state index contributed by atoms with van der Waals surface area (Å²) in [5.41, 5.74) is 0. The Bertz CT molecular complexity index is 1260. The third kappa shape index (κ3) is 5.19. The standard InChI is InChI=1S/C18H15O8PS3/c19-28(20)16-7-1-4-13(10-16)27(14-5-2-8-17(11-14)29(21,22)23)15-6-3-9-18(12-15)30(24,25)26/h1-12H,(H,19,20)(H,21,22,23)(H,24,25,26). The van der Waals surface area contributed by atoms with E-state index in [0.717, 1.165) is 0 Å². The summed E-state index contributed by atoms with van der Waals surface area (Å²) in [6.07, 6.45) is 0. The maximum absolute atomic E-state index is 11.6. The van der Waals surface area contributed by atoms with E-state index in [1.54, 1.807) is 24.3 Å². The molecule has 0 aliphatic rings. The zero-order valence-corrected chi connectivity index (χ0v) is 18.3. The molecular formula is C18H15O8PS3. The summed E-state index contributed by atoms with van der Waals surface area (Å²) in [7, 11) is -10.6. The second-order valence-electron chi connectivity index (χ2n) is 6.03. The average Bonchev–Trinajstić information content (AvgIpc) is 2.68. The zero-order valence-electron chi connectivity index (χ0n) is 15.0. The first-order chi connectivity index (χ1) is 14.0. The van der Waals surface area contributed by atoms with Gasteiger partial charge in [-0.1, -0.05) is 36.4 Å². The molecule has 3 aromatic carbocycles. The Morgan fingerprint density at radius 2 is 1.07 bits per heavy atom. The first-order valence-electron chi connectivity index (χ1n) is 8.13. The highest BCUT2D eigenvalue weighted by molar-refractivity contribution is 7.86. The second kappa shape index (κ2) is 8.64. The molecule has 3 rings (SSSR count). The predicted octanol–water partition coefficient (Wildman–Crippen LogP) is 1.52. The van der Waals surface area contributed by atoms with Crippen LogP contribution in [0.1, 0.15) is 0 Å². The van der Waals surface area contributed by atoms with E-state index in [4.69, 9.17) is 0 Å². The van der Waals surface area contributed by atoms with Gasteiger partial charge in [0.15, 0.2) is 11.1 Å². The molecule has 8 nitrogen and oxygen atoms in total. The largest absolute Gasteiger partial charge is 0.302 e.